The largest absolute Gasteiger partial charge is 0.493 e. The van der Waals surface area contributed by atoms with E-state index in [1.54, 1.807) is 32.0 Å². The number of benzene rings is 2. The van der Waals surface area contributed by atoms with Gasteiger partial charge < -0.3 is 24.6 Å². The number of unbranched alkanes of at least 4 members (excludes halogenated alkanes) is 1. The summed E-state index contributed by atoms with van der Waals surface area (Å²) in [5.41, 5.74) is -7.07. The molecule has 3 aliphatic rings. The van der Waals surface area contributed by atoms with E-state index in [9.17, 15) is 41.0 Å². The van der Waals surface area contributed by atoms with Crippen LogP contribution in [0.2, 0.25) is 0 Å². The normalized spacial score (nSPS) is 20.0. The van der Waals surface area contributed by atoms with E-state index in [1.165, 1.54) is 12.2 Å². The number of hydrogen-bond acceptors (Lipinski definition) is 6. The minimum atomic E-state index is -6.01. The Morgan fingerprint density at radius 3 is 2.33 bits per heavy atom. The fourth-order valence-corrected chi connectivity index (χ4v) is 6.36. The van der Waals surface area contributed by atoms with Crippen molar-refractivity contribution < 1.29 is 55.2 Å². The molecule has 14 heteroatoms. The van der Waals surface area contributed by atoms with E-state index in [0.717, 1.165) is 4.90 Å². The number of rotatable bonds is 10. The van der Waals surface area contributed by atoms with Gasteiger partial charge in [-0.3, -0.25) is 9.69 Å². The standard InChI is InChI=1S/C32H34F6N2O6/c1-3-8-19-17-23(30(43,31(33,34)35)32(36,37)38)21-9-7-10-22(21)26(19)46-14-6-5-13-40-27(41)29(4-2,39-28(40)42)20-11-12-24-25(18-20)45-16-15-44-24/h3,8,11-12,17-18,43H,4-7,9-10,13-16H2,1-2H3,(H,39,42). The second kappa shape index (κ2) is 12.3. The Morgan fingerprint density at radius 2 is 1.67 bits per heavy atom. The first-order valence-electron chi connectivity index (χ1n) is 15.0. The van der Waals surface area contributed by atoms with Crippen LogP contribution in [0.3, 0.4) is 0 Å². The highest BCUT2D eigenvalue weighted by atomic mass is 19.4. The lowest BCUT2D eigenvalue weighted by Gasteiger charge is -2.34. The summed E-state index contributed by atoms with van der Waals surface area (Å²) in [7, 11) is 0. The van der Waals surface area contributed by atoms with Crippen LogP contribution < -0.4 is 19.5 Å². The number of halogens is 6. The van der Waals surface area contributed by atoms with Crippen LogP contribution >= 0.6 is 0 Å². The first-order chi connectivity index (χ1) is 21.7. The molecule has 1 unspecified atom stereocenters. The molecular formula is C32H34F6N2O6. The molecule has 1 fully saturated rings. The van der Waals surface area contributed by atoms with Crippen molar-refractivity contribution in [3.63, 3.8) is 0 Å². The maximum Gasteiger partial charge on any atom is 0.430 e. The predicted molar refractivity (Wildman–Crippen MR) is 154 cm³/mol. The number of ether oxygens (including phenoxy) is 3. The van der Waals surface area contributed by atoms with E-state index < -0.39 is 41.0 Å². The zero-order chi connectivity index (χ0) is 33.5. The van der Waals surface area contributed by atoms with Gasteiger partial charge in [-0.15, -0.1) is 0 Å². The van der Waals surface area contributed by atoms with Crippen LogP contribution in [-0.2, 0) is 28.8 Å². The van der Waals surface area contributed by atoms with Crippen molar-refractivity contribution in [2.24, 2.45) is 0 Å². The lowest BCUT2D eigenvalue weighted by atomic mass is 9.84. The first-order valence-corrected chi connectivity index (χ1v) is 15.0. The number of carbonyl (C=O) groups is 2. The van der Waals surface area contributed by atoms with Crippen LogP contribution in [0, 0.1) is 0 Å². The van der Waals surface area contributed by atoms with Gasteiger partial charge in [-0.2, -0.15) is 26.3 Å². The number of alkyl halides is 6. The molecule has 0 radical (unpaired) electrons. The van der Waals surface area contributed by atoms with Gasteiger partial charge in [0.25, 0.3) is 11.5 Å². The van der Waals surface area contributed by atoms with Gasteiger partial charge in [0.15, 0.2) is 11.5 Å². The summed E-state index contributed by atoms with van der Waals surface area (Å²) in [4.78, 5) is 27.6. The van der Waals surface area contributed by atoms with Gasteiger partial charge in [-0.05, 0) is 80.3 Å². The maximum absolute atomic E-state index is 13.8. The Balaban J connectivity index is 1.30. The molecular weight excluding hydrogens is 622 g/mol. The molecule has 250 valence electrons. The number of urea groups is 1. The van der Waals surface area contributed by atoms with E-state index in [4.69, 9.17) is 14.2 Å². The summed E-state index contributed by atoms with van der Waals surface area (Å²) < 4.78 is 99.9. The van der Waals surface area contributed by atoms with Crippen molar-refractivity contribution in [1.82, 2.24) is 10.2 Å². The van der Waals surface area contributed by atoms with E-state index in [1.807, 2.05) is 0 Å². The van der Waals surface area contributed by atoms with Crippen molar-refractivity contribution in [1.29, 1.82) is 0 Å². The van der Waals surface area contributed by atoms with Crippen LogP contribution in [0.15, 0.2) is 30.3 Å². The molecule has 3 amide bonds. The Kier molecular flexibility index (Phi) is 8.97. The fourth-order valence-electron chi connectivity index (χ4n) is 6.36. The Hall–Kier alpha value is -3.94. The third-order valence-corrected chi connectivity index (χ3v) is 8.70. The Morgan fingerprint density at radius 1 is 1.00 bits per heavy atom. The first kappa shape index (κ1) is 33.4. The quantitative estimate of drug-likeness (QED) is 0.177. The van der Waals surface area contributed by atoms with Gasteiger partial charge in [-0.25, -0.2) is 4.79 Å². The van der Waals surface area contributed by atoms with Crippen molar-refractivity contribution in [2.45, 2.75) is 75.9 Å². The van der Waals surface area contributed by atoms with Gasteiger partial charge in [-0.1, -0.05) is 25.1 Å². The van der Waals surface area contributed by atoms with E-state index >= 15 is 0 Å². The minimum Gasteiger partial charge on any atom is -0.493 e. The molecule has 2 aromatic rings. The van der Waals surface area contributed by atoms with Crippen molar-refractivity contribution in [2.75, 3.05) is 26.4 Å². The van der Waals surface area contributed by atoms with E-state index in [-0.39, 0.29) is 54.9 Å². The molecule has 0 spiro atoms. The molecule has 5 rings (SSSR count). The molecule has 1 saturated heterocycles. The van der Waals surface area contributed by atoms with Crippen LogP contribution in [-0.4, -0.2) is 60.7 Å². The molecule has 2 aromatic carbocycles. The molecule has 1 aliphatic carbocycles. The number of hydrogen-bond donors (Lipinski definition) is 2. The number of nitrogens with one attached hydrogen (secondary N) is 1. The zero-order valence-electron chi connectivity index (χ0n) is 25.2. The highest BCUT2D eigenvalue weighted by Crippen LogP contribution is 2.53. The number of imide groups is 1. The fraction of sp³-hybridized carbons (Fsp3) is 0.500. The van der Waals surface area contributed by atoms with Crippen LogP contribution in [0.25, 0.3) is 6.08 Å². The molecule has 0 saturated carbocycles. The summed E-state index contributed by atoms with van der Waals surface area (Å²) in [5, 5.41) is 13.0. The average molecular weight is 657 g/mol. The summed E-state index contributed by atoms with van der Waals surface area (Å²) in [6.07, 6.45) is -7.92. The molecule has 0 bridgehead atoms. The smallest absolute Gasteiger partial charge is 0.430 e. The molecule has 46 heavy (non-hydrogen) atoms. The topological polar surface area (TPSA) is 97.3 Å². The number of allylic oxidation sites excluding steroid dienone is 1. The monoisotopic (exact) mass is 656 g/mol. The van der Waals surface area contributed by atoms with Gasteiger partial charge in [0.1, 0.15) is 24.5 Å². The van der Waals surface area contributed by atoms with Gasteiger partial charge >= 0.3 is 18.4 Å². The molecule has 2 heterocycles. The third kappa shape index (κ3) is 5.54. The van der Waals surface area contributed by atoms with Crippen LogP contribution in [0.1, 0.15) is 67.3 Å². The Labute approximate surface area is 261 Å². The van der Waals surface area contributed by atoms with Crippen LogP contribution in [0.5, 0.6) is 17.2 Å². The highest BCUT2D eigenvalue weighted by Gasteiger charge is 2.72. The van der Waals surface area contributed by atoms with Crippen LogP contribution in [0.4, 0.5) is 31.1 Å². The van der Waals surface area contributed by atoms with Gasteiger partial charge in [0, 0.05) is 17.7 Å². The summed E-state index contributed by atoms with van der Waals surface area (Å²) in [6.45, 7) is 4.17. The lowest BCUT2D eigenvalue weighted by molar-refractivity contribution is -0.376. The highest BCUT2D eigenvalue weighted by molar-refractivity contribution is 6.07. The van der Waals surface area contributed by atoms with Crippen molar-refractivity contribution in [3.8, 4) is 17.2 Å². The third-order valence-electron chi connectivity index (χ3n) is 8.70. The summed E-state index contributed by atoms with van der Waals surface area (Å²) in [5.74, 6) is 0.750. The minimum absolute atomic E-state index is 0.0177. The average Bonchev–Trinajstić information content (AvgIpc) is 3.59. The second-order valence-electron chi connectivity index (χ2n) is 11.4. The van der Waals surface area contributed by atoms with E-state index in [0.29, 0.717) is 55.6 Å². The summed E-state index contributed by atoms with van der Waals surface area (Å²) in [6, 6.07) is 5.23. The number of fused-ring (bicyclic) bond motifs is 2. The lowest BCUT2D eigenvalue weighted by Crippen LogP contribution is -2.54. The van der Waals surface area contributed by atoms with Crippen molar-refractivity contribution in [3.05, 3.63) is 58.2 Å². The molecule has 1 atom stereocenters. The zero-order valence-corrected chi connectivity index (χ0v) is 25.2. The number of aliphatic hydroxyl groups is 1. The number of carbonyl (C=O) groups excluding carboxylic acids is 2. The van der Waals surface area contributed by atoms with E-state index in [2.05, 4.69) is 5.32 Å². The maximum atomic E-state index is 13.8. The number of amides is 3. The SMILES string of the molecule is CC=Cc1cc(C(O)(C(F)(F)F)C(F)(F)F)c2c(c1OCCCCN1C(=O)NC(CC)(c3ccc4c(c3)OCCO4)C1=O)CCC2. The predicted octanol–water partition coefficient (Wildman–Crippen LogP) is 6.31. The van der Waals surface area contributed by atoms with Crippen molar-refractivity contribution >= 4 is 18.0 Å². The molecule has 2 N–H and O–H groups in total. The molecule has 2 aliphatic heterocycles. The van der Waals surface area contributed by atoms with Gasteiger partial charge in [0.05, 0.1) is 6.61 Å². The summed E-state index contributed by atoms with van der Waals surface area (Å²) >= 11 is 0. The van der Waals surface area contributed by atoms with Gasteiger partial charge in [0.2, 0.25) is 0 Å². The Bertz CT molecular complexity index is 1520. The number of nitrogens with zero attached hydrogens (tertiary/aromatic N) is 1. The second-order valence-corrected chi connectivity index (χ2v) is 11.4. The molecule has 0 aromatic heterocycles. The molecule has 8 nitrogen and oxygen atoms in total.